The number of halogens is 1. The van der Waals surface area contributed by atoms with Crippen LogP contribution in [-0.4, -0.2) is 18.1 Å². The molecule has 0 aliphatic heterocycles. The summed E-state index contributed by atoms with van der Waals surface area (Å²) < 4.78 is 2.99. The molecule has 1 atom stereocenters. The molecule has 0 aromatic heterocycles. The molecular weight excluding hydrogens is 261 g/mol. The van der Waals surface area contributed by atoms with Crippen LogP contribution in [0.25, 0.3) is 0 Å². The Bertz CT molecular complexity index is 110. The number of nitrogens with one attached hydrogen (secondary N) is 1. The van der Waals surface area contributed by atoms with Gasteiger partial charge in [-0.15, -0.1) is 0 Å². The molecule has 0 spiro atoms. The SMILES string of the molecule is CC(=O)CC(CS)CNI. The predicted octanol–water partition coefficient (Wildman–Crippen LogP) is 1.45. The van der Waals surface area contributed by atoms with Crippen LogP contribution in [0.4, 0.5) is 0 Å². The van der Waals surface area contributed by atoms with E-state index in [1.165, 1.54) is 0 Å². The molecule has 0 heterocycles. The molecule has 0 bridgehead atoms. The van der Waals surface area contributed by atoms with Crippen LogP contribution in [-0.2, 0) is 4.79 Å². The molecule has 0 aliphatic rings. The highest BCUT2D eigenvalue weighted by atomic mass is 127. The first-order valence-corrected chi connectivity index (χ1v) is 4.85. The fraction of sp³-hybridized carbons (Fsp3) is 0.833. The first kappa shape index (κ1) is 10.7. The van der Waals surface area contributed by atoms with Crippen molar-refractivity contribution < 1.29 is 4.79 Å². The lowest BCUT2D eigenvalue weighted by Gasteiger charge is -2.09. The van der Waals surface area contributed by atoms with E-state index in [4.69, 9.17) is 0 Å². The standard InChI is InChI=1S/C6H12INOS/c1-5(9)2-6(4-10)3-8-7/h6,8,10H,2-4H2,1H3. The molecule has 60 valence electrons. The minimum Gasteiger partial charge on any atom is -0.300 e. The summed E-state index contributed by atoms with van der Waals surface area (Å²) in [6, 6.07) is 0. The van der Waals surface area contributed by atoms with Crippen LogP contribution >= 0.6 is 35.5 Å². The third-order valence-electron chi connectivity index (χ3n) is 1.20. The Balaban J connectivity index is 3.49. The van der Waals surface area contributed by atoms with Crippen molar-refractivity contribution in [3.05, 3.63) is 0 Å². The Kier molecular flexibility index (Phi) is 6.88. The van der Waals surface area contributed by atoms with Gasteiger partial charge in [0.1, 0.15) is 5.78 Å². The second-order valence-electron chi connectivity index (χ2n) is 2.29. The number of hydrogen-bond acceptors (Lipinski definition) is 3. The highest BCUT2D eigenvalue weighted by Crippen LogP contribution is 2.04. The largest absolute Gasteiger partial charge is 0.300 e. The number of hydrogen-bond donors (Lipinski definition) is 2. The van der Waals surface area contributed by atoms with E-state index >= 15 is 0 Å². The Hall–Kier alpha value is 0.710. The van der Waals surface area contributed by atoms with E-state index in [2.05, 4.69) is 39.0 Å². The third-order valence-corrected chi connectivity index (χ3v) is 2.16. The summed E-state index contributed by atoms with van der Waals surface area (Å²) in [5.41, 5.74) is 0. The van der Waals surface area contributed by atoms with Crippen LogP contribution in [0.1, 0.15) is 13.3 Å². The van der Waals surface area contributed by atoms with E-state index in [0.717, 1.165) is 12.3 Å². The lowest BCUT2D eigenvalue weighted by atomic mass is 10.1. The van der Waals surface area contributed by atoms with Crippen LogP contribution in [0.15, 0.2) is 0 Å². The zero-order valence-electron chi connectivity index (χ0n) is 5.93. The fourth-order valence-corrected chi connectivity index (χ4v) is 1.60. The molecule has 0 aromatic rings. The van der Waals surface area contributed by atoms with Gasteiger partial charge in [-0.1, -0.05) is 0 Å². The van der Waals surface area contributed by atoms with E-state index in [0.29, 0.717) is 12.3 Å². The molecule has 2 nitrogen and oxygen atoms in total. The van der Waals surface area contributed by atoms with Crippen molar-refractivity contribution >= 4 is 41.3 Å². The van der Waals surface area contributed by atoms with E-state index in [9.17, 15) is 4.79 Å². The van der Waals surface area contributed by atoms with Gasteiger partial charge in [-0.2, -0.15) is 12.6 Å². The molecule has 0 aromatic carbocycles. The van der Waals surface area contributed by atoms with Gasteiger partial charge in [0, 0.05) is 35.8 Å². The van der Waals surface area contributed by atoms with E-state index in [1.807, 2.05) is 0 Å². The van der Waals surface area contributed by atoms with Crippen LogP contribution in [0.2, 0.25) is 0 Å². The Labute approximate surface area is 81.0 Å². The lowest BCUT2D eigenvalue weighted by molar-refractivity contribution is -0.117. The molecular formula is C6H12INOS. The topological polar surface area (TPSA) is 29.1 Å². The minimum atomic E-state index is 0.241. The number of Topliss-reactive ketones (excluding diaryl/α,β-unsaturated/α-hetero) is 1. The van der Waals surface area contributed by atoms with E-state index in [-0.39, 0.29) is 5.78 Å². The van der Waals surface area contributed by atoms with Crippen molar-refractivity contribution in [1.29, 1.82) is 0 Å². The van der Waals surface area contributed by atoms with E-state index < -0.39 is 0 Å². The van der Waals surface area contributed by atoms with Crippen LogP contribution in [0.3, 0.4) is 0 Å². The molecule has 0 fully saturated rings. The average Bonchev–Trinajstić information content (AvgIpc) is 1.86. The zero-order chi connectivity index (χ0) is 7.98. The van der Waals surface area contributed by atoms with Gasteiger partial charge in [0.2, 0.25) is 0 Å². The summed E-state index contributed by atoms with van der Waals surface area (Å²) in [6.45, 7) is 2.48. The second kappa shape index (κ2) is 6.42. The number of rotatable bonds is 5. The molecule has 0 radical (unpaired) electrons. The molecule has 10 heavy (non-hydrogen) atoms. The van der Waals surface area contributed by atoms with Gasteiger partial charge >= 0.3 is 0 Å². The van der Waals surface area contributed by atoms with Crippen molar-refractivity contribution in [2.24, 2.45) is 5.92 Å². The molecule has 0 saturated heterocycles. The van der Waals surface area contributed by atoms with E-state index in [1.54, 1.807) is 6.92 Å². The van der Waals surface area contributed by atoms with Gasteiger partial charge in [-0.25, -0.2) is 0 Å². The highest BCUT2D eigenvalue weighted by molar-refractivity contribution is 14.1. The van der Waals surface area contributed by atoms with Gasteiger partial charge in [0.05, 0.1) is 0 Å². The van der Waals surface area contributed by atoms with Gasteiger partial charge in [0.15, 0.2) is 0 Å². The average molecular weight is 273 g/mol. The third kappa shape index (κ3) is 5.49. The monoisotopic (exact) mass is 273 g/mol. The molecule has 0 rings (SSSR count). The summed E-state index contributed by atoms with van der Waals surface area (Å²) in [5.74, 6) is 1.40. The smallest absolute Gasteiger partial charge is 0.130 e. The first-order valence-electron chi connectivity index (χ1n) is 3.14. The molecule has 1 N–H and O–H groups in total. The Morgan fingerprint density at radius 2 is 2.40 bits per heavy atom. The van der Waals surface area contributed by atoms with Crippen LogP contribution in [0, 0.1) is 5.92 Å². The van der Waals surface area contributed by atoms with Gasteiger partial charge in [0.25, 0.3) is 0 Å². The Morgan fingerprint density at radius 3 is 2.70 bits per heavy atom. The molecule has 0 aliphatic carbocycles. The molecule has 0 amide bonds. The fourth-order valence-electron chi connectivity index (χ4n) is 0.717. The second-order valence-corrected chi connectivity index (χ2v) is 3.42. The molecule has 1 unspecified atom stereocenters. The maximum absolute atomic E-state index is 10.6. The van der Waals surface area contributed by atoms with Crippen LogP contribution < -0.4 is 3.53 Å². The lowest BCUT2D eigenvalue weighted by Crippen LogP contribution is -2.18. The van der Waals surface area contributed by atoms with Gasteiger partial charge < -0.3 is 4.79 Å². The molecule has 0 saturated carbocycles. The summed E-state index contributed by atoms with van der Waals surface area (Å²) in [7, 11) is 0. The van der Waals surface area contributed by atoms with Crippen LogP contribution in [0.5, 0.6) is 0 Å². The number of thiol groups is 1. The Morgan fingerprint density at radius 1 is 1.80 bits per heavy atom. The first-order chi connectivity index (χ1) is 4.70. The van der Waals surface area contributed by atoms with Crippen molar-refractivity contribution in [3.63, 3.8) is 0 Å². The maximum Gasteiger partial charge on any atom is 0.130 e. The maximum atomic E-state index is 10.6. The van der Waals surface area contributed by atoms with Gasteiger partial charge in [-0.3, -0.25) is 3.53 Å². The van der Waals surface area contributed by atoms with Crippen molar-refractivity contribution in [1.82, 2.24) is 3.53 Å². The molecule has 4 heteroatoms. The summed E-state index contributed by atoms with van der Waals surface area (Å²) in [5, 5.41) is 0. The normalized spacial score (nSPS) is 13.1. The summed E-state index contributed by atoms with van der Waals surface area (Å²) in [4.78, 5) is 10.6. The van der Waals surface area contributed by atoms with Crippen molar-refractivity contribution in [2.75, 3.05) is 12.3 Å². The van der Waals surface area contributed by atoms with Gasteiger partial charge in [-0.05, 0) is 18.6 Å². The van der Waals surface area contributed by atoms with Crippen molar-refractivity contribution in [2.45, 2.75) is 13.3 Å². The summed E-state index contributed by atoms with van der Waals surface area (Å²) >= 11 is 6.21. The highest BCUT2D eigenvalue weighted by Gasteiger charge is 2.07. The summed E-state index contributed by atoms with van der Waals surface area (Å²) in [6.07, 6.45) is 0.638. The van der Waals surface area contributed by atoms with Crippen molar-refractivity contribution in [3.8, 4) is 0 Å². The quantitative estimate of drug-likeness (QED) is 0.451. The predicted molar refractivity (Wildman–Crippen MR) is 54.7 cm³/mol. The number of carbonyl (C=O) groups excluding carboxylic acids is 1. The minimum absolute atomic E-state index is 0.241. The number of carbonyl (C=O) groups is 1. The zero-order valence-corrected chi connectivity index (χ0v) is 8.98. The number of ketones is 1.